The molecule has 2 N–H and O–H groups in total. The van der Waals surface area contributed by atoms with Gasteiger partial charge in [-0.2, -0.15) is 9.50 Å². The summed E-state index contributed by atoms with van der Waals surface area (Å²) >= 11 is 2.89. The Balaban J connectivity index is 3.04. The van der Waals surface area contributed by atoms with E-state index in [2.05, 4.69) is 31.0 Å². The van der Waals surface area contributed by atoms with Gasteiger partial charge in [0.25, 0.3) is 11.3 Å². The van der Waals surface area contributed by atoms with Crippen molar-refractivity contribution in [3.8, 4) is 5.88 Å². The van der Waals surface area contributed by atoms with Gasteiger partial charge in [-0.25, -0.2) is 4.98 Å². The number of nitrogens with zero attached hydrogens (tertiary/aromatic N) is 3. The SMILES string of the molecule is O=c1nc2nc[nH]n2c(O)c1Br. The number of hydrogen-bond acceptors (Lipinski definition) is 4. The summed E-state index contributed by atoms with van der Waals surface area (Å²) in [6, 6.07) is 0. The van der Waals surface area contributed by atoms with Gasteiger partial charge in [0, 0.05) is 0 Å². The molecule has 2 aromatic heterocycles. The minimum atomic E-state index is -0.542. The molecule has 0 aromatic carbocycles. The van der Waals surface area contributed by atoms with E-state index in [9.17, 15) is 9.90 Å². The molecule has 0 aliphatic carbocycles. The Kier molecular flexibility index (Phi) is 1.40. The van der Waals surface area contributed by atoms with Crippen LogP contribution in [0.5, 0.6) is 5.88 Å². The lowest BCUT2D eigenvalue weighted by atomic mass is 10.6. The highest BCUT2D eigenvalue weighted by Gasteiger charge is 2.09. The zero-order valence-corrected chi connectivity index (χ0v) is 7.24. The van der Waals surface area contributed by atoms with Crippen LogP contribution in [0.3, 0.4) is 0 Å². The Hall–Kier alpha value is -1.37. The van der Waals surface area contributed by atoms with Crippen molar-refractivity contribution in [1.82, 2.24) is 19.6 Å². The normalized spacial score (nSPS) is 10.8. The Morgan fingerprint density at radius 1 is 1.67 bits per heavy atom. The van der Waals surface area contributed by atoms with Crippen LogP contribution in [0.1, 0.15) is 0 Å². The van der Waals surface area contributed by atoms with Crippen LogP contribution < -0.4 is 5.56 Å². The average Bonchev–Trinajstić information content (AvgIpc) is 2.48. The number of aromatic amines is 1. The Bertz CT molecular complexity index is 488. The van der Waals surface area contributed by atoms with Crippen LogP contribution in [-0.4, -0.2) is 24.7 Å². The first-order valence-corrected chi connectivity index (χ1v) is 3.80. The van der Waals surface area contributed by atoms with Crippen molar-refractivity contribution in [2.45, 2.75) is 0 Å². The van der Waals surface area contributed by atoms with Crippen LogP contribution in [0.4, 0.5) is 0 Å². The molecule has 0 saturated carbocycles. The van der Waals surface area contributed by atoms with E-state index in [1.807, 2.05) is 0 Å². The third-order valence-corrected chi connectivity index (χ3v) is 2.06. The van der Waals surface area contributed by atoms with E-state index in [1.165, 1.54) is 10.8 Å². The van der Waals surface area contributed by atoms with Gasteiger partial charge in [0.15, 0.2) is 0 Å². The second-order valence-corrected chi connectivity index (χ2v) is 2.87. The molecule has 2 aromatic rings. The first kappa shape index (κ1) is 7.29. The van der Waals surface area contributed by atoms with Crippen molar-refractivity contribution < 1.29 is 5.11 Å². The molecule has 0 unspecified atom stereocenters. The minimum Gasteiger partial charge on any atom is -0.492 e. The fourth-order valence-electron chi connectivity index (χ4n) is 0.828. The number of nitrogens with one attached hydrogen (secondary N) is 1. The van der Waals surface area contributed by atoms with Crippen molar-refractivity contribution in [3.05, 3.63) is 21.2 Å². The Morgan fingerprint density at radius 3 is 3.17 bits per heavy atom. The standard InChI is InChI=1S/C5H3BrN4O2/c6-2-3(11)9-5-7-1-8-10(5)4(2)12/h1,12H,(H,7,8,9,11). The van der Waals surface area contributed by atoms with E-state index >= 15 is 0 Å². The molecule has 0 spiro atoms. The lowest BCUT2D eigenvalue weighted by Crippen LogP contribution is -2.10. The maximum absolute atomic E-state index is 11.0. The lowest BCUT2D eigenvalue weighted by Gasteiger charge is -1.96. The molecule has 7 heteroatoms. The number of H-pyrrole nitrogens is 1. The topological polar surface area (TPSA) is 83.3 Å². The van der Waals surface area contributed by atoms with Gasteiger partial charge in [-0.15, -0.1) is 0 Å². The fourth-order valence-corrected chi connectivity index (χ4v) is 1.09. The lowest BCUT2D eigenvalue weighted by molar-refractivity contribution is 0.430. The van der Waals surface area contributed by atoms with Crippen LogP contribution in [0.2, 0.25) is 0 Å². The predicted molar refractivity (Wildman–Crippen MR) is 43.0 cm³/mol. The van der Waals surface area contributed by atoms with E-state index in [-0.39, 0.29) is 16.1 Å². The number of halogens is 1. The minimum absolute atomic E-state index is 0.0178. The molecule has 12 heavy (non-hydrogen) atoms. The van der Waals surface area contributed by atoms with Crippen LogP contribution in [0.15, 0.2) is 15.6 Å². The Morgan fingerprint density at radius 2 is 2.42 bits per heavy atom. The van der Waals surface area contributed by atoms with Gasteiger partial charge in [-0.1, -0.05) is 0 Å². The molecule has 0 atom stereocenters. The van der Waals surface area contributed by atoms with Crippen LogP contribution >= 0.6 is 15.9 Å². The molecule has 6 nitrogen and oxygen atoms in total. The van der Waals surface area contributed by atoms with Gasteiger partial charge in [0.1, 0.15) is 10.8 Å². The molecule has 0 aliphatic rings. The maximum atomic E-state index is 11.0. The molecule has 2 rings (SSSR count). The van der Waals surface area contributed by atoms with Gasteiger partial charge >= 0.3 is 0 Å². The molecule has 0 saturated heterocycles. The molecule has 0 aliphatic heterocycles. The number of aromatic nitrogens is 4. The van der Waals surface area contributed by atoms with Gasteiger partial charge in [-0.05, 0) is 15.9 Å². The fraction of sp³-hybridized carbons (Fsp3) is 0. The van der Waals surface area contributed by atoms with Gasteiger partial charge < -0.3 is 5.11 Å². The summed E-state index contributed by atoms with van der Waals surface area (Å²) in [5, 5.41) is 11.9. The number of rotatable bonds is 0. The first-order chi connectivity index (χ1) is 5.70. The monoisotopic (exact) mass is 230 g/mol. The zero-order chi connectivity index (χ0) is 8.72. The van der Waals surface area contributed by atoms with Gasteiger partial charge in [0.05, 0.1) is 0 Å². The van der Waals surface area contributed by atoms with E-state index in [4.69, 9.17) is 0 Å². The largest absolute Gasteiger partial charge is 0.492 e. The maximum Gasteiger partial charge on any atom is 0.292 e. The zero-order valence-electron chi connectivity index (χ0n) is 5.65. The van der Waals surface area contributed by atoms with Crippen molar-refractivity contribution in [2.24, 2.45) is 0 Å². The van der Waals surface area contributed by atoms with E-state index < -0.39 is 5.56 Å². The van der Waals surface area contributed by atoms with Gasteiger partial charge in [-0.3, -0.25) is 9.89 Å². The summed E-state index contributed by atoms with van der Waals surface area (Å²) in [4.78, 5) is 18.2. The Labute approximate surface area is 74.0 Å². The number of fused-ring (bicyclic) bond motifs is 1. The molecule has 0 amide bonds. The highest BCUT2D eigenvalue weighted by Crippen LogP contribution is 2.17. The van der Waals surface area contributed by atoms with Crippen LogP contribution in [0, 0.1) is 0 Å². The van der Waals surface area contributed by atoms with Gasteiger partial charge in [0.2, 0.25) is 5.88 Å². The highest BCUT2D eigenvalue weighted by atomic mass is 79.9. The number of hydrogen-bond donors (Lipinski definition) is 2. The summed E-state index contributed by atoms with van der Waals surface area (Å²) in [7, 11) is 0. The van der Waals surface area contributed by atoms with Crippen molar-refractivity contribution >= 4 is 21.7 Å². The average molecular weight is 231 g/mol. The van der Waals surface area contributed by atoms with E-state index in [0.717, 1.165) is 0 Å². The molecule has 0 radical (unpaired) electrons. The summed E-state index contributed by atoms with van der Waals surface area (Å²) in [6.45, 7) is 0. The molecular weight excluding hydrogens is 228 g/mol. The molecule has 2 heterocycles. The van der Waals surface area contributed by atoms with Crippen LogP contribution in [0.25, 0.3) is 5.78 Å². The molecule has 62 valence electrons. The summed E-state index contributed by atoms with van der Waals surface area (Å²) in [5.41, 5.74) is -0.542. The molecule has 0 fully saturated rings. The molecule has 0 bridgehead atoms. The highest BCUT2D eigenvalue weighted by molar-refractivity contribution is 9.10. The van der Waals surface area contributed by atoms with Crippen molar-refractivity contribution in [1.29, 1.82) is 0 Å². The quantitative estimate of drug-likeness (QED) is 0.662. The third-order valence-electron chi connectivity index (χ3n) is 1.36. The van der Waals surface area contributed by atoms with Crippen molar-refractivity contribution in [3.63, 3.8) is 0 Å². The van der Waals surface area contributed by atoms with Crippen LogP contribution in [-0.2, 0) is 0 Å². The second kappa shape index (κ2) is 2.31. The summed E-state index contributed by atoms with van der Waals surface area (Å²) < 4.78 is 1.20. The third kappa shape index (κ3) is 0.828. The summed E-state index contributed by atoms with van der Waals surface area (Å²) in [6.07, 6.45) is 1.33. The second-order valence-electron chi connectivity index (χ2n) is 2.08. The van der Waals surface area contributed by atoms with E-state index in [1.54, 1.807) is 0 Å². The summed E-state index contributed by atoms with van der Waals surface area (Å²) in [5.74, 6) is -0.0943. The molecular formula is C5H3BrN4O2. The smallest absolute Gasteiger partial charge is 0.292 e. The van der Waals surface area contributed by atoms with E-state index in [0.29, 0.717) is 0 Å². The number of aromatic hydroxyl groups is 1. The first-order valence-electron chi connectivity index (χ1n) is 3.01. The van der Waals surface area contributed by atoms with Crippen molar-refractivity contribution in [2.75, 3.05) is 0 Å². The predicted octanol–water partition coefficient (Wildman–Crippen LogP) is -0.114.